The van der Waals surface area contributed by atoms with E-state index in [0.717, 1.165) is 19.7 Å². The molecule has 1 amide bonds. The second kappa shape index (κ2) is 9.25. The fourth-order valence-corrected chi connectivity index (χ4v) is 4.45. The van der Waals surface area contributed by atoms with Gasteiger partial charge in [0.25, 0.3) is 0 Å². The molecule has 1 N–H and O–H groups in total. The number of nitrogens with one attached hydrogen (secondary N) is 1. The van der Waals surface area contributed by atoms with Gasteiger partial charge in [-0.25, -0.2) is 25.4 Å². The summed E-state index contributed by atoms with van der Waals surface area (Å²) in [5.74, 6) is -0.262. The second-order valence-corrected chi connectivity index (χ2v) is 11.5. The molecule has 0 radical (unpaired) electrons. The summed E-state index contributed by atoms with van der Waals surface area (Å²) in [6.07, 6.45) is 0.590. The number of nitrogens with zero attached hydrogens (tertiary/aromatic N) is 2. The minimum Gasteiger partial charge on any atom is -0.326 e. The van der Waals surface area contributed by atoms with Crippen molar-refractivity contribution in [2.24, 2.45) is 0 Å². The topological polar surface area (TPSA) is 104 Å². The quantitative estimate of drug-likeness (QED) is 0.659. The Morgan fingerprint density at radius 2 is 1.33 bits per heavy atom. The van der Waals surface area contributed by atoms with Gasteiger partial charge >= 0.3 is 0 Å². The van der Waals surface area contributed by atoms with Gasteiger partial charge in [-0.05, 0) is 48.7 Å². The number of carbonyl (C=O) groups excluding carboxylic acids is 1. The molecule has 8 nitrogen and oxygen atoms in total. The maximum absolute atomic E-state index is 12.4. The second-order valence-electron chi connectivity index (χ2n) is 7.24. The molecule has 0 spiro atoms. The van der Waals surface area contributed by atoms with E-state index in [2.05, 4.69) is 5.32 Å². The van der Waals surface area contributed by atoms with Crippen LogP contribution in [0.5, 0.6) is 0 Å². The largest absolute Gasteiger partial charge is 0.326 e. The standard InChI is InChI=1S/C20H27N3O5S2/c1-15-6-10-18(30(27,28)23(4)5)14-19(15)21-20(24)13-9-16-7-11-17(12-8-16)29(25,26)22(2)3/h6-8,10-12,14H,9,13H2,1-5H3,(H,21,24). The molecule has 0 atom stereocenters. The SMILES string of the molecule is Cc1ccc(S(=O)(=O)N(C)C)cc1NC(=O)CCc1ccc(S(=O)(=O)N(C)C)cc1. The maximum atomic E-state index is 12.4. The number of rotatable bonds is 8. The number of anilines is 1. The molecule has 0 aliphatic rings. The van der Waals surface area contributed by atoms with Gasteiger partial charge in [-0.1, -0.05) is 18.2 Å². The Kier molecular flexibility index (Phi) is 7.40. The van der Waals surface area contributed by atoms with E-state index in [4.69, 9.17) is 0 Å². The highest BCUT2D eigenvalue weighted by atomic mass is 32.2. The summed E-state index contributed by atoms with van der Waals surface area (Å²) in [5.41, 5.74) is 2.01. The highest BCUT2D eigenvalue weighted by Gasteiger charge is 2.19. The zero-order valence-corrected chi connectivity index (χ0v) is 19.3. The van der Waals surface area contributed by atoms with Gasteiger partial charge < -0.3 is 5.32 Å². The van der Waals surface area contributed by atoms with Crippen LogP contribution in [0.4, 0.5) is 5.69 Å². The molecule has 0 bridgehead atoms. The van der Waals surface area contributed by atoms with E-state index in [9.17, 15) is 21.6 Å². The highest BCUT2D eigenvalue weighted by molar-refractivity contribution is 7.89. The van der Waals surface area contributed by atoms with Crippen LogP contribution in [0, 0.1) is 6.92 Å². The molecule has 2 rings (SSSR count). The van der Waals surface area contributed by atoms with Crippen LogP contribution in [0.25, 0.3) is 0 Å². The average molecular weight is 454 g/mol. The van der Waals surface area contributed by atoms with Crippen LogP contribution in [0.2, 0.25) is 0 Å². The summed E-state index contributed by atoms with van der Waals surface area (Å²) >= 11 is 0. The van der Waals surface area contributed by atoms with Crippen LogP contribution in [0.3, 0.4) is 0 Å². The molecule has 0 aromatic heterocycles. The van der Waals surface area contributed by atoms with Gasteiger partial charge in [-0.3, -0.25) is 4.79 Å². The number of amides is 1. The summed E-state index contributed by atoms with van der Waals surface area (Å²) in [4.78, 5) is 12.7. The molecule has 30 heavy (non-hydrogen) atoms. The van der Waals surface area contributed by atoms with Crippen molar-refractivity contribution in [2.45, 2.75) is 29.6 Å². The van der Waals surface area contributed by atoms with E-state index in [-0.39, 0.29) is 22.1 Å². The van der Waals surface area contributed by atoms with Crippen molar-refractivity contribution in [3.05, 3.63) is 53.6 Å². The van der Waals surface area contributed by atoms with Crippen molar-refractivity contribution in [1.82, 2.24) is 8.61 Å². The molecule has 10 heteroatoms. The first-order chi connectivity index (χ1) is 13.9. The third kappa shape index (κ3) is 5.45. The monoisotopic (exact) mass is 453 g/mol. The Bertz CT molecular complexity index is 1120. The molecule has 2 aromatic rings. The Hall–Kier alpha value is -2.27. The van der Waals surface area contributed by atoms with E-state index in [1.54, 1.807) is 25.1 Å². The predicted molar refractivity (Wildman–Crippen MR) is 116 cm³/mol. The van der Waals surface area contributed by atoms with E-state index in [1.807, 2.05) is 0 Å². The zero-order valence-electron chi connectivity index (χ0n) is 17.7. The lowest BCUT2D eigenvalue weighted by Gasteiger charge is -2.14. The van der Waals surface area contributed by atoms with Crippen LogP contribution in [0.15, 0.2) is 52.3 Å². The van der Waals surface area contributed by atoms with E-state index < -0.39 is 20.0 Å². The molecule has 0 aliphatic heterocycles. The molecule has 0 aliphatic carbocycles. The summed E-state index contributed by atoms with van der Waals surface area (Å²) in [5, 5.41) is 2.76. The fourth-order valence-electron chi connectivity index (χ4n) is 2.62. The van der Waals surface area contributed by atoms with Crippen LogP contribution >= 0.6 is 0 Å². The average Bonchev–Trinajstić information content (AvgIpc) is 2.68. The van der Waals surface area contributed by atoms with Crippen molar-refractivity contribution >= 4 is 31.6 Å². The molecule has 0 saturated heterocycles. The van der Waals surface area contributed by atoms with Gasteiger partial charge in [-0.2, -0.15) is 0 Å². The van der Waals surface area contributed by atoms with Gasteiger partial charge in [0.05, 0.1) is 9.79 Å². The molecule has 0 fully saturated rings. The lowest BCUT2D eigenvalue weighted by atomic mass is 10.1. The lowest BCUT2D eigenvalue weighted by Crippen LogP contribution is -2.22. The highest BCUT2D eigenvalue weighted by Crippen LogP contribution is 2.22. The van der Waals surface area contributed by atoms with Crippen molar-refractivity contribution in [1.29, 1.82) is 0 Å². The number of hydrogen-bond acceptors (Lipinski definition) is 5. The van der Waals surface area contributed by atoms with Gasteiger partial charge in [-0.15, -0.1) is 0 Å². The van der Waals surface area contributed by atoms with Crippen LogP contribution in [-0.4, -0.2) is 59.5 Å². The van der Waals surface area contributed by atoms with Crippen molar-refractivity contribution in [3.63, 3.8) is 0 Å². The van der Waals surface area contributed by atoms with E-state index in [0.29, 0.717) is 12.1 Å². The molecule has 164 valence electrons. The third-order valence-electron chi connectivity index (χ3n) is 4.60. The first-order valence-corrected chi connectivity index (χ1v) is 12.1. The van der Waals surface area contributed by atoms with Gasteiger partial charge in [0.15, 0.2) is 0 Å². The first-order valence-electron chi connectivity index (χ1n) is 9.20. The molecular formula is C20H27N3O5S2. The normalized spacial score (nSPS) is 12.4. The number of hydrogen-bond donors (Lipinski definition) is 1. The zero-order chi connectivity index (χ0) is 22.7. The van der Waals surface area contributed by atoms with Gasteiger partial charge in [0.2, 0.25) is 26.0 Å². The Labute approximate surface area is 178 Å². The molecular weight excluding hydrogens is 426 g/mol. The number of sulfonamides is 2. The Morgan fingerprint density at radius 1 is 0.833 bits per heavy atom. The summed E-state index contributed by atoms with van der Waals surface area (Å²) in [7, 11) is -1.26. The van der Waals surface area contributed by atoms with Crippen LogP contribution in [0.1, 0.15) is 17.5 Å². The summed E-state index contributed by atoms with van der Waals surface area (Å²) in [6.45, 7) is 1.78. The molecule has 2 aromatic carbocycles. The number of carbonyl (C=O) groups is 1. The van der Waals surface area contributed by atoms with Crippen molar-refractivity contribution in [2.75, 3.05) is 33.5 Å². The number of benzene rings is 2. The van der Waals surface area contributed by atoms with Gasteiger partial charge in [0.1, 0.15) is 0 Å². The van der Waals surface area contributed by atoms with Crippen LogP contribution < -0.4 is 5.32 Å². The molecule has 0 heterocycles. The minimum absolute atomic E-state index is 0.103. The lowest BCUT2D eigenvalue weighted by molar-refractivity contribution is -0.116. The van der Waals surface area contributed by atoms with Gasteiger partial charge in [0, 0.05) is 40.3 Å². The smallest absolute Gasteiger partial charge is 0.242 e. The molecule has 0 unspecified atom stereocenters. The first kappa shape index (κ1) is 24.0. The van der Waals surface area contributed by atoms with Crippen LogP contribution in [-0.2, 0) is 31.3 Å². The van der Waals surface area contributed by atoms with Crippen molar-refractivity contribution in [3.8, 4) is 0 Å². The Balaban J connectivity index is 2.07. The van der Waals surface area contributed by atoms with Crippen molar-refractivity contribution < 1.29 is 21.6 Å². The third-order valence-corrected chi connectivity index (χ3v) is 8.24. The summed E-state index contributed by atoms with van der Waals surface area (Å²) < 4.78 is 51.1. The molecule has 0 saturated carbocycles. The van der Waals surface area contributed by atoms with E-state index in [1.165, 1.54) is 52.5 Å². The van der Waals surface area contributed by atoms with E-state index >= 15 is 0 Å². The predicted octanol–water partition coefficient (Wildman–Crippen LogP) is 2.07. The maximum Gasteiger partial charge on any atom is 0.242 e. The summed E-state index contributed by atoms with van der Waals surface area (Å²) in [6, 6.07) is 11.0. The minimum atomic E-state index is -3.60. The fraction of sp³-hybridized carbons (Fsp3) is 0.350. The Morgan fingerprint density at radius 3 is 1.87 bits per heavy atom. The number of aryl methyl sites for hydroxylation is 2.